The van der Waals surface area contributed by atoms with Gasteiger partial charge in [-0.25, -0.2) is 0 Å². The van der Waals surface area contributed by atoms with Crippen molar-refractivity contribution in [2.24, 2.45) is 0 Å². The zero-order valence-corrected chi connectivity index (χ0v) is 15.4. The van der Waals surface area contributed by atoms with Crippen molar-refractivity contribution in [3.8, 4) is 11.1 Å². The van der Waals surface area contributed by atoms with E-state index in [1.165, 1.54) is 22.4 Å². The topological polar surface area (TPSA) is 23.6 Å². The molecule has 0 aromatic heterocycles. The van der Waals surface area contributed by atoms with Crippen molar-refractivity contribution in [1.29, 1.82) is 0 Å². The first-order chi connectivity index (χ1) is 13.3. The van der Waals surface area contributed by atoms with E-state index in [-0.39, 0.29) is 0 Å². The summed E-state index contributed by atoms with van der Waals surface area (Å²) in [5, 5.41) is 0. The minimum absolute atomic E-state index is 0.731. The van der Waals surface area contributed by atoms with Crippen LogP contribution in [0.5, 0.6) is 0 Å². The number of piperazine rings is 1. The van der Waals surface area contributed by atoms with E-state index in [2.05, 4.69) is 64.4 Å². The third-order valence-corrected chi connectivity index (χ3v) is 5.26. The van der Waals surface area contributed by atoms with E-state index in [0.717, 1.165) is 44.6 Å². The van der Waals surface area contributed by atoms with Gasteiger partial charge >= 0.3 is 0 Å². The molecule has 4 rings (SSSR count). The summed E-state index contributed by atoms with van der Waals surface area (Å²) in [6, 6.07) is 27.2. The SMILES string of the molecule is O=Cc1ccc(N2CCN(Cc3ccccc3-c3ccccc3)CC2)cc1. The molecule has 1 heterocycles. The Morgan fingerprint density at radius 2 is 1.41 bits per heavy atom. The summed E-state index contributed by atoms with van der Waals surface area (Å²) in [5.74, 6) is 0. The van der Waals surface area contributed by atoms with Crippen molar-refractivity contribution < 1.29 is 4.79 Å². The summed E-state index contributed by atoms with van der Waals surface area (Å²) < 4.78 is 0. The first-order valence-corrected chi connectivity index (χ1v) is 9.49. The lowest BCUT2D eigenvalue weighted by Gasteiger charge is -2.36. The Morgan fingerprint density at radius 1 is 0.741 bits per heavy atom. The smallest absolute Gasteiger partial charge is 0.150 e. The first-order valence-electron chi connectivity index (χ1n) is 9.49. The number of anilines is 1. The number of carbonyl (C=O) groups excluding carboxylic acids is 1. The van der Waals surface area contributed by atoms with E-state index in [9.17, 15) is 4.79 Å². The molecule has 136 valence electrons. The number of rotatable bonds is 5. The van der Waals surface area contributed by atoms with Gasteiger partial charge in [-0.2, -0.15) is 0 Å². The van der Waals surface area contributed by atoms with Gasteiger partial charge in [0, 0.05) is 44.0 Å². The maximum Gasteiger partial charge on any atom is 0.150 e. The molecule has 27 heavy (non-hydrogen) atoms. The number of hydrogen-bond acceptors (Lipinski definition) is 3. The van der Waals surface area contributed by atoms with Gasteiger partial charge in [-0.05, 0) is 41.0 Å². The maximum atomic E-state index is 10.8. The van der Waals surface area contributed by atoms with Gasteiger partial charge < -0.3 is 4.90 Å². The maximum absolute atomic E-state index is 10.8. The fourth-order valence-electron chi connectivity index (χ4n) is 3.73. The van der Waals surface area contributed by atoms with Crippen LogP contribution in [-0.2, 0) is 6.54 Å². The molecule has 0 spiro atoms. The van der Waals surface area contributed by atoms with E-state index in [0.29, 0.717) is 0 Å². The summed E-state index contributed by atoms with van der Waals surface area (Å²) in [6.45, 7) is 5.07. The van der Waals surface area contributed by atoms with Crippen molar-refractivity contribution in [2.45, 2.75) is 6.54 Å². The molecule has 1 aliphatic rings. The first kappa shape index (κ1) is 17.5. The fraction of sp³-hybridized carbons (Fsp3) is 0.208. The van der Waals surface area contributed by atoms with E-state index in [1.807, 2.05) is 24.3 Å². The van der Waals surface area contributed by atoms with Crippen LogP contribution in [0, 0.1) is 0 Å². The van der Waals surface area contributed by atoms with Crippen LogP contribution in [0.15, 0.2) is 78.9 Å². The average molecular weight is 356 g/mol. The van der Waals surface area contributed by atoms with Crippen molar-refractivity contribution in [1.82, 2.24) is 4.90 Å². The molecule has 1 saturated heterocycles. The number of carbonyl (C=O) groups is 1. The Hall–Kier alpha value is -2.91. The molecule has 0 radical (unpaired) electrons. The monoisotopic (exact) mass is 356 g/mol. The zero-order valence-electron chi connectivity index (χ0n) is 15.4. The van der Waals surface area contributed by atoms with Crippen LogP contribution in [-0.4, -0.2) is 37.4 Å². The Morgan fingerprint density at radius 3 is 2.11 bits per heavy atom. The van der Waals surface area contributed by atoms with Gasteiger partial charge in [-0.3, -0.25) is 9.69 Å². The van der Waals surface area contributed by atoms with Crippen LogP contribution in [0.3, 0.4) is 0 Å². The molecule has 0 saturated carbocycles. The van der Waals surface area contributed by atoms with Crippen molar-refractivity contribution in [3.63, 3.8) is 0 Å². The average Bonchev–Trinajstić information content (AvgIpc) is 2.75. The van der Waals surface area contributed by atoms with Crippen molar-refractivity contribution >= 4 is 12.0 Å². The lowest BCUT2D eigenvalue weighted by Crippen LogP contribution is -2.46. The molecule has 0 unspecified atom stereocenters. The second-order valence-corrected chi connectivity index (χ2v) is 7.00. The number of benzene rings is 3. The summed E-state index contributed by atoms with van der Waals surface area (Å²) in [4.78, 5) is 15.7. The third kappa shape index (κ3) is 4.09. The zero-order chi connectivity index (χ0) is 18.5. The van der Waals surface area contributed by atoms with Gasteiger partial charge in [-0.1, -0.05) is 54.6 Å². The lowest BCUT2D eigenvalue weighted by molar-refractivity contribution is 0.112. The largest absolute Gasteiger partial charge is 0.369 e. The fourth-order valence-corrected chi connectivity index (χ4v) is 3.73. The molecule has 1 fully saturated rings. The summed E-state index contributed by atoms with van der Waals surface area (Å²) in [7, 11) is 0. The van der Waals surface area contributed by atoms with Crippen LogP contribution < -0.4 is 4.90 Å². The van der Waals surface area contributed by atoms with Crippen LogP contribution in [0.2, 0.25) is 0 Å². The number of nitrogens with zero attached hydrogens (tertiary/aromatic N) is 2. The van der Waals surface area contributed by atoms with Gasteiger partial charge in [0.25, 0.3) is 0 Å². The summed E-state index contributed by atoms with van der Waals surface area (Å²) in [5.41, 5.74) is 5.92. The minimum atomic E-state index is 0.731. The molecule has 3 heteroatoms. The van der Waals surface area contributed by atoms with Crippen molar-refractivity contribution in [2.75, 3.05) is 31.1 Å². The van der Waals surface area contributed by atoms with Crippen molar-refractivity contribution in [3.05, 3.63) is 90.0 Å². The van der Waals surface area contributed by atoms with Crippen LogP contribution in [0.1, 0.15) is 15.9 Å². The molecule has 3 aromatic carbocycles. The Labute approximate surface area is 160 Å². The van der Waals surface area contributed by atoms with E-state index >= 15 is 0 Å². The Kier molecular flexibility index (Phi) is 5.31. The van der Waals surface area contributed by atoms with E-state index in [4.69, 9.17) is 0 Å². The highest BCUT2D eigenvalue weighted by atomic mass is 16.1. The van der Waals surface area contributed by atoms with E-state index < -0.39 is 0 Å². The highest BCUT2D eigenvalue weighted by Gasteiger charge is 2.18. The summed E-state index contributed by atoms with van der Waals surface area (Å²) in [6.07, 6.45) is 0.895. The predicted octanol–water partition coefficient (Wildman–Crippen LogP) is 4.49. The number of hydrogen-bond donors (Lipinski definition) is 0. The second-order valence-electron chi connectivity index (χ2n) is 7.00. The minimum Gasteiger partial charge on any atom is -0.369 e. The second kappa shape index (κ2) is 8.19. The predicted molar refractivity (Wildman–Crippen MR) is 111 cm³/mol. The van der Waals surface area contributed by atoms with Crippen LogP contribution in [0.4, 0.5) is 5.69 Å². The highest BCUT2D eigenvalue weighted by molar-refractivity contribution is 5.75. The quantitative estimate of drug-likeness (QED) is 0.630. The lowest BCUT2D eigenvalue weighted by atomic mass is 9.99. The highest BCUT2D eigenvalue weighted by Crippen LogP contribution is 2.25. The molecule has 3 nitrogen and oxygen atoms in total. The third-order valence-electron chi connectivity index (χ3n) is 5.26. The Bertz CT molecular complexity index is 882. The molecule has 0 bridgehead atoms. The van der Waals surface area contributed by atoms with Gasteiger partial charge in [0.15, 0.2) is 0 Å². The molecular weight excluding hydrogens is 332 g/mol. The number of aldehydes is 1. The molecule has 0 amide bonds. The van der Waals surface area contributed by atoms with Gasteiger partial charge in [0.2, 0.25) is 0 Å². The van der Waals surface area contributed by atoms with Gasteiger partial charge in [0.1, 0.15) is 6.29 Å². The molecular formula is C24H24N2O. The molecule has 0 N–H and O–H groups in total. The molecule has 3 aromatic rings. The normalized spacial score (nSPS) is 14.9. The van der Waals surface area contributed by atoms with E-state index in [1.54, 1.807) is 0 Å². The van der Waals surface area contributed by atoms with Crippen LogP contribution >= 0.6 is 0 Å². The molecule has 1 aliphatic heterocycles. The molecule has 0 atom stereocenters. The standard InChI is InChI=1S/C24H24N2O/c27-19-20-10-12-23(13-11-20)26-16-14-25(15-17-26)18-22-8-4-5-9-24(22)21-6-2-1-3-7-21/h1-13,19H,14-18H2. The Balaban J connectivity index is 1.42. The molecule has 0 aliphatic carbocycles. The van der Waals surface area contributed by atoms with Crippen LogP contribution in [0.25, 0.3) is 11.1 Å². The van der Waals surface area contributed by atoms with Gasteiger partial charge in [0.05, 0.1) is 0 Å². The van der Waals surface area contributed by atoms with Gasteiger partial charge in [-0.15, -0.1) is 0 Å². The summed E-state index contributed by atoms with van der Waals surface area (Å²) >= 11 is 0.